The molecule has 0 saturated carbocycles. The van der Waals surface area contributed by atoms with Crippen molar-refractivity contribution >= 4 is 15.9 Å². The zero-order valence-electron chi connectivity index (χ0n) is 13.7. The fraction of sp³-hybridized carbons (Fsp3) is 0.533. The van der Waals surface area contributed by atoms with Gasteiger partial charge in [0.2, 0.25) is 15.9 Å². The van der Waals surface area contributed by atoms with E-state index in [1.807, 2.05) is 13.8 Å². The standard InChI is InChI=1S/C15H24N2O4S/c1-6-17(10-15(18)16-5)22(19,20)13-7-8-14(12(4)9-13)21-11(2)3/h7-9,11H,6,10H2,1-5H3,(H,16,18). The van der Waals surface area contributed by atoms with E-state index >= 15 is 0 Å². The summed E-state index contributed by atoms with van der Waals surface area (Å²) in [6.45, 7) is 7.34. The Morgan fingerprint density at radius 2 is 2.00 bits per heavy atom. The minimum absolute atomic E-state index is 0.0153. The first-order valence-corrected chi connectivity index (χ1v) is 8.64. The van der Waals surface area contributed by atoms with E-state index in [9.17, 15) is 13.2 Å². The number of nitrogens with zero attached hydrogens (tertiary/aromatic N) is 1. The van der Waals surface area contributed by atoms with Crippen LogP contribution in [-0.2, 0) is 14.8 Å². The van der Waals surface area contributed by atoms with Crippen molar-refractivity contribution in [1.82, 2.24) is 9.62 Å². The third-order valence-electron chi connectivity index (χ3n) is 3.10. The molecule has 0 spiro atoms. The zero-order chi connectivity index (χ0) is 16.9. The SMILES string of the molecule is CCN(CC(=O)NC)S(=O)(=O)c1ccc(OC(C)C)c(C)c1. The number of rotatable bonds is 7. The molecule has 0 unspecified atom stereocenters. The number of carbonyl (C=O) groups excluding carboxylic acids is 1. The van der Waals surface area contributed by atoms with Crippen molar-refractivity contribution in [1.29, 1.82) is 0 Å². The van der Waals surface area contributed by atoms with Crippen LogP contribution in [0, 0.1) is 6.92 Å². The highest BCUT2D eigenvalue weighted by Gasteiger charge is 2.25. The van der Waals surface area contributed by atoms with Crippen LogP contribution in [0.3, 0.4) is 0 Å². The van der Waals surface area contributed by atoms with Crippen LogP contribution in [-0.4, -0.2) is 44.9 Å². The number of nitrogens with one attached hydrogen (secondary N) is 1. The number of amides is 1. The van der Waals surface area contributed by atoms with Gasteiger partial charge >= 0.3 is 0 Å². The summed E-state index contributed by atoms with van der Waals surface area (Å²) < 4.78 is 32.0. The van der Waals surface area contributed by atoms with E-state index < -0.39 is 10.0 Å². The van der Waals surface area contributed by atoms with E-state index in [4.69, 9.17) is 4.74 Å². The maximum absolute atomic E-state index is 12.6. The first kappa shape index (κ1) is 18.4. The Bertz CT molecular complexity index is 626. The summed E-state index contributed by atoms with van der Waals surface area (Å²) in [7, 11) is -2.23. The predicted molar refractivity (Wildman–Crippen MR) is 85.4 cm³/mol. The van der Waals surface area contributed by atoms with Crippen molar-refractivity contribution in [3.05, 3.63) is 23.8 Å². The lowest BCUT2D eigenvalue weighted by atomic mass is 10.2. The molecule has 0 fully saturated rings. The molecule has 0 bridgehead atoms. The number of carbonyl (C=O) groups is 1. The van der Waals surface area contributed by atoms with Crippen molar-refractivity contribution < 1.29 is 17.9 Å². The van der Waals surface area contributed by atoms with Crippen molar-refractivity contribution in [2.75, 3.05) is 20.1 Å². The van der Waals surface area contributed by atoms with Crippen LogP contribution in [0.4, 0.5) is 0 Å². The van der Waals surface area contributed by atoms with Crippen LogP contribution in [0.2, 0.25) is 0 Å². The molecule has 22 heavy (non-hydrogen) atoms. The van der Waals surface area contributed by atoms with E-state index in [1.54, 1.807) is 26.0 Å². The predicted octanol–water partition coefficient (Wildman–Crippen LogP) is 1.54. The largest absolute Gasteiger partial charge is 0.491 e. The quantitative estimate of drug-likeness (QED) is 0.824. The Morgan fingerprint density at radius 1 is 1.36 bits per heavy atom. The van der Waals surface area contributed by atoms with E-state index in [-0.39, 0.29) is 30.0 Å². The van der Waals surface area contributed by atoms with Gasteiger partial charge in [0.05, 0.1) is 17.5 Å². The average Bonchev–Trinajstić information content (AvgIpc) is 2.45. The summed E-state index contributed by atoms with van der Waals surface area (Å²) in [5, 5.41) is 2.43. The second-order valence-corrected chi connectivity index (χ2v) is 7.14. The summed E-state index contributed by atoms with van der Waals surface area (Å²) in [4.78, 5) is 11.6. The summed E-state index contributed by atoms with van der Waals surface area (Å²) in [6.07, 6.45) is 0.0153. The molecule has 0 radical (unpaired) electrons. The minimum atomic E-state index is -3.71. The molecular weight excluding hydrogens is 304 g/mol. The van der Waals surface area contributed by atoms with Crippen molar-refractivity contribution in [3.8, 4) is 5.75 Å². The van der Waals surface area contributed by atoms with Gasteiger partial charge < -0.3 is 10.1 Å². The molecule has 124 valence electrons. The molecule has 1 N–H and O–H groups in total. The van der Waals surface area contributed by atoms with Crippen molar-refractivity contribution in [2.24, 2.45) is 0 Å². The van der Waals surface area contributed by atoms with Crippen LogP contribution in [0.15, 0.2) is 23.1 Å². The molecule has 7 heteroatoms. The molecule has 1 aromatic rings. The Labute approximate surface area is 132 Å². The summed E-state index contributed by atoms with van der Waals surface area (Å²) in [6, 6.07) is 4.72. The van der Waals surface area contributed by atoms with Gasteiger partial charge in [-0.2, -0.15) is 4.31 Å². The third-order valence-corrected chi connectivity index (χ3v) is 5.02. The van der Waals surface area contributed by atoms with Crippen LogP contribution in [0.25, 0.3) is 0 Å². The fourth-order valence-electron chi connectivity index (χ4n) is 1.92. The molecule has 0 heterocycles. The molecule has 1 aromatic carbocycles. The van der Waals surface area contributed by atoms with Gasteiger partial charge in [-0.25, -0.2) is 8.42 Å². The molecule has 0 saturated heterocycles. The van der Waals surface area contributed by atoms with Gasteiger partial charge in [0.15, 0.2) is 0 Å². The number of benzene rings is 1. The van der Waals surface area contributed by atoms with Gasteiger partial charge in [-0.15, -0.1) is 0 Å². The van der Waals surface area contributed by atoms with E-state index in [0.717, 1.165) is 9.87 Å². The van der Waals surface area contributed by atoms with Crippen LogP contribution in [0.1, 0.15) is 26.3 Å². The summed E-state index contributed by atoms with van der Waals surface area (Å²) in [5.41, 5.74) is 0.741. The van der Waals surface area contributed by atoms with Crippen molar-refractivity contribution in [3.63, 3.8) is 0 Å². The fourth-order valence-corrected chi connectivity index (χ4v) is 3.41. The third kappa shape index (κ3) is 4.45. The summed E-state index contributed by atoms with van der Waals surface area (Å²) >= 11 is 0. The van der Waals surface area contributed by atoms with Gasteiger partial charge in [0.25, 0.3) is 0 Å². The maximum Gasteiger partial charge on any atom is 0.243 e. The molecule has 0 aliphatic rings. The summed E-state index contributed by atoms with van der Waals surface area (Å²) in [5.74, 6) is 0.310. The van der Waals surface area contributed by atoms with E-state index in [1.165, 1.54) is 13.1 Å². The normalized spacial score (nSPS) is 11.8. The second kappa shape index (κ2) is 7.60. The highest BCUT2D eigenvalue weighted by atomic mass is 32.2. The molecule has 6 nitrogen and oxygen atoms in total. The van der Waals surface area contributed by atoms with Crippen LogP contribution < -0.4 is 10.1 Å². The van der Waals surface area contributed by atoms with Gasteiger partial charge in [-0.3, -0.25) is 4.79 Å². The Kier molecular flexibility index (Phi) is 6.37. The van der Waals surface area contributed by atoms with E-state index in [0.29, 0.717) is 5.75 Å². The number of aryl methyl sites for hydroxylation is 1. The lowest BCUT2D eigenvalue weighted by molar-refractivity contribution is -0.120. The molecule has 0 aromatic heterocycles. The lowest BCUT2D eigenvalue weighted by Gasteiger charge is -2.20. The Hall–Kier alpha value is -1.60. The number of likely N-dealkylation sites (N-methyl/N-ethyl adjacent to an activating group) is 2. The topological polar surface area (TPSA) is 75.7 Å². The van der Waals surface area contributed by atoms with Crippen molar-refractivity contribution in [2.45, 2.75) is 38.7 Å². The van der Waals surface area contributed by atoms with E-state index in [2.05, 4.69) is 5.32 Å². The highest BCUT2D eigenvalue weighted by molar-refractivity contribution is 7.89. The minimum Gasteiger partial charge on any atom is -0.491 e. The lowest BCUT2D eigenvalue weighted by Crippen LogP contribution is -2.39. The van der Waals surface area contributed by atoms with Crippen LogP contribution in [0.5, 0.6) is 5.75 Å². The molecular formula is C15H24N2O4S. The number of hydrogen-bond donors (Lipinski definition) is 1. The molecule has 0 atom stereocenters. The first-order chi connectivity index (χ1) is 10.2. The molecule has 0 aliphatic carbocycles. The number of hydrogen-bond acceptors (Lipinski definition) is 4. The Morgan fingerprint density at radius 3 is 2.45 bits per heavy atom. The zero-order valence-corrected chi connectivity index (χ0v) is 14.5. The van der Waals surface area contributed by atoms with Crippen LogP contribution >= 0.6 is 0 Å². The average molecular weight is 328 g/mol. The van der Waals surface area contributed by atoms with Gasteiger partial charge in [0.1, 0.15) is 5.75 Å². The Balaban J connectivity index is 3.11. The van der Waals surface area contributed by atoms with Gasteiger partial charge in [-0.05, 0) is 44.5 Å². The monoisotopic (exact) mass is 328 g/mol. The number of sulfonamides is 1. The maximum atomic E-state index is 12.6. The molecule has 0 aliphatic heterocycles. The molecule has 1 rings (SSSR count). The first-order valence-electron chi connectivity index (χ1n) is 7.20. The highest BCUT2D eigenvalue weighted by Crippen LogP contribution is 2.24. The smallest absolute Gasteiger partial charge is 0.243 e. The number of ether oxygens (including phenoxy) is 1. The van der Waals surface area contributed by atoms with Gasteiger partial charge in [0, 0.05) is 13.6 Å². The van der Waals surface area contributed by atoms with Gasteiger partial charge in [-0.1, -0.05) is 6.92 Å². The second-order valence-electron chi connectivity index (χ2n) is 5.20. The molecule has 1 amide bonds.